The Bertz CT molecular complexity index is 1770. The van der Waals surface area contributed by atoms with Crippen LogP contribution in [-0.2, 0) is 13.0 Å². The van der Waals surface area contributed by atoms with Crippen LogP contribution >= 0.6 is 0 Å². The molecule has 9 nitrogen and oxygen atoms in total. The highest BCUT2D eigenvalue weighted by Crippen LogP contribution is 2.61. The Morgan fingerprint density at radius 3 is 2.67 bits per heavy atom. The van der Waals surface area contributed by atoms with Crippen molar-refractivity contribution in [1.82, 2.24) is 20.2 Å². The van der Waals surface area contributed by atoms with Gasteiger partial charge in [-0.15, -0.1) is 0 Å². The second kappa shape index (κ2) is 14.0. The van der Waals surface area contributed by atoms with Crippen LogP contribution in [0, 0.1) is 40.3 Å². The minimum atomic E-state index is -0.426. The molecular formula is C38H52F2N7O2+. The van der Waals surface area contributed by atoms with Gasteiger partial charge in [0.1, 0.15) is 24.3 Å². The number of nitriles is 1. The zero-order chi connectivity index (χ0) is 35.1. The minimum absolute atomic E-state index is 0.0101. The molecule has 1 saturated heterocycles. The van der Waals surface area contributed by atoms with E-state index >= 15 is 0 Å². The summed E-state index contributed by atoms with van der Waals surface area (Å²) in [7, 11) is 1.48. The van der Waals surface area contributed by atoms with Crippen LogP contribution < -0.4 is 25.8 Å². The van der Waals surface area contributed by atoms with Gasteiger partial charge in [0, 0.05) is 37.4 Å². The molecule has 0 amide bonds. The van der Waals surface area contributed by atoms with Gasteiger partial charge in [0.25, 0.3) is 5.56 Å². The summed E-state index contributed by atoms with van der Waals surface area (Å²) in [5.41, 5.74) is 1.80. The second-order valence-corrected chi connectivity index (χ2v) is 15.0. The number of aromatic nitrogens is 2. The first kappa shape index (κ1) is 35.2. The molecule has 2 N–H and O–H groups in total. The number of halogens is 2. The number of alkyl halides is 1. The fourth-order valence-electron chi connectivity index (χ4n) is 9.24. The van der Waals surface area contributed by atoms with Crippen molar-refractivity contribution in [3.05, 3.63) is 64.0 Å². The average molecular weight is 677 g/mol. The molecular weight excluding hydrogens is 624 g/mol. The Morgan fingerprint density at radius 2 is 2.04 bits per heavy atom. The van der Waals surface area contributed by atoms with Gasteiger partial charge in [-0.3, -0.25) is 13.8 Å². The van der Waals surface area contributed by atoms with Gasteiger partial charge in [-0.1, -0.05) is 26.8 Å². The normalized spacial score (nSPS) is 28.0. The van der Waals surface area contributed by atoms with E-state index in [0.29, 0.717) is 69.0 Å². The first-order valence-corrected chi connectivity index (χ1v) is 17.9. The van der Waals surface area contributed by atoms with Crippen LogP contribution in [0.25, 0.3) is 10.9 Å². The van der Waals surface area contributed by atoms with Crippen molar-refractivity contribution in [2.24, 2.45) is 23.2 Å². The molecule has 7 rings (SSSR count). The molecule has 2 heterocycles. The SMILES string of the molecule is CCN(c1ccc2c(=O)n(CCc3ccc(OC)cc3F)c(C#N)nc2c1)C(NC1C[C@H]2C[C@@H]([C@@H]1C)C2(C)C)[N+]1(CC)CCN[C@@H](CF)C1. The Hall–Kier alpha value is -3.59. The fraction of sp³-hybridized carbons (Fsp3) is 0.605. The van der Waals surface area contributed by atoms with Crippen LogP contribution in [0.5, 0.6) is 5.75 Å². The molecule has 1 aromatic heterocycles. The summed E-state index contributed by atoms with van der Waals surface area (Å²) in [5, 5.41) is 18.0. The van der Waals surface area contributed by atoms with Crippen LogP contribution in [0.15, 0.2) is 41.2 Å². The van der Waals surface area contributed by atoms with Crippen LogP contribution in [0.2, 0.25) is 0 Å². The number of hydrogen-bond donors (Lipinski definition) is 2. The van der Waals surface area contributed by atoms with Crippen LogP contribution in [0.1, 0.15) is 58.8 Å². The molecule has 3 saturated carbocycles. The minimum Gasteiger partial charge on any atom is -0.497 e. The number of rotatable bonds is 12. The van der Waals surface area contributed by atoms with Gasteiger partial charge >= 0.3 is 0 Å². The van der Waals surface area contributed by atoms with Gasteiger partial charge < -0.3 is 15.0 Å². The maximum absolute atomic E-state index is 14.7. The number of fused-ring (bicyclic) bond motifs is 3. The predicted molar refractivity (Wildman–Crippen MR) is 189 cm³/mol. The number of aryl methyl sites for hydroxylation is 1. The van der Waals surface area contributed by atoms with Gasteiger partial charge in [-0.05, 0) is 86.1 Å². The van der Waals surface area contributed by atoms with E-state index in [-0.39, 0.29) is 36.7 Å². The largest absolute Gasteiger partial charge is 0.497 e. The second-order valence-electron chi connectivity index (χ2n) is 15.0. The number of piperazine rings is 1. The van der Waals surface area contributed by atoms with Gasteiger partial charge in [0.15, 0.2) is 0 Å². The summed E-state index contributed by atoms with van der Waals surface area (Å²) >= 11 is 0. The summed E-state index contributed by atoms with van der Waals surface area (Å²) < 4.78 is 36.0. The van der Waals surface area contributed by atoms with Crippen molar-refractivity contribution in [3.63, 3.8) is 0 Å². The fourth-order valence-corrected chi connectivity index (χ4v) is 9.24. The molecule has 11 heteroatoms. The van der Waals surface area contributed by atoms with E-state index in [1.165, 1.54) is 24.2 Å². The monoisotopic (exact) mass is 676 g/mol. The van der Waals surface area contributed by atoms with Crippen LogP contribution in [0.3, 0.4) is 0 Å². The van der Waals surface area contributed by atoms with Crippen LogP contribution in [-0.4, -0.2) is 78.9 Å². The average Bonchev–Trinajstić information content (AvgIpc) is 3.11. The highest BCUT2D eigenvalue weighted by molar-refractivity contribution is 5.82. The van der Waals surface area contributed by atoms with Crippen molar-refractivity contribution in [2.75, 3.05) is 51.4 Å². The van der Waals surface area contributed by atoms with Gasteiger partial charge in [-0.2, -0.15) is 5.26 Å². The molecule has 1 aliphatic heterocycles. The molecule has 2 aromatic carbocycles. The number of ether oxygens (including phenoxy) is 1. The van der Waals surface area contributed by atoms with E-state index in [9.17, 15) is 18.8 Å². The van der Waals surface area contributed by atoms with Crippen molar-refractivity contribution in [1.29, 1.82) is 5.26 Å². The number of benzene rings is 2. The molecule has 4 aliphatic rings. The predicted octanol–water partition coefficient (Wildman–Crippen LogP) is 5.21. The van der Waals surface area contributed by atoms with E-state index in [0.717, 1.165) is 31.7 Å². The molecule has 7 atom stereocenters. The third-order valence-corrected chi connectivity index (χ3v) is 12.5. The van der Waals surface area contributed by atoms with E-state index in [4.69, 9.17) is 4.74 Å². The zero-order valence-electron chi connectivity index (χ0n) is 29.8. The lowest BCUT2D eigenvalue weighted by molar-refractivity contribution is -0.956. The summed E-state index contributed by atoms with van der Waals surface area (Å²) in [6.45, 7) is 15.1. The molecule has 0 spiro atoms. The number of nitrogens with zero attached hydrogens (tertiary/aromatic N) is 5. The number of methoxy groups -OCH3 is 1. The third-order valence-electron chi connectivity index (χ3n) is 12.5. The van der Waals surface area contributed by atoms with Crippen molar-refractivity contribution in [3.8, 4) is 11.8 Å². The molecule has 0 radical (unpaired) electrons. The zero-order valence-corrected chi connectivity index (χ0v) is 29.8. The molecule has 3 aromatic rings. The molecule has 3 unspecified atom stereocenters. The highest BCUT2D eigenvalue weighted by Gasteiger charge is 2.57. The third kappa shape index (κ3) is 6.32. The van der Waals surface area contributed by atoms with Gasteiger partial charge in [0.05, 0.1) is 43.7 Å². The Morgan fingerprint density at radius 1 is 1.24 bits per heavy atom. The van der Waals surface area contributed by atoms with Crippen LogP contribution in [0.4, 0.5) is 14.5 Å². The van der Waals surface area contributed by atoms with E-state index in [1.807, 2.05) is 12.1 Å². The number of quaternary nitrogens is 1. The maximum Gasteiger partial charge on any atom is 0.262 e. The van der Waals surface area contributed by atoms with Gasteiger partial charge in [-0.25, -0.2) is 19.1 Å². The standard InChI is InChI=1S/C38H52F2N7O2/c1-7-45(37(47(8-2)16-14-42-27(21-39)23-47)44-33-18-26-17-31(24(33)3)38(26,4)5)28-10-12-30-34(19-28)43-35(22-41)46(36(30)48)15-13-25-9-11-29(49-6)20-32(25)40/h9-12,19-20,24,26-27,31,33,37,42,44H,7-8,13-18,21,23H2,1-6H3/q+1/t24-,26+,27-,31-,33?,37?,47?/m0/s1. The molecule has 4 fully saturated rings. The Balaban J connectivity index is 1.35. The van der Waals surface area contributed by atoms with Crippen molar-refractivity contribution < 1.29 is 18.0 Å². The lowest BCUT2D eigenvalue weighted by atomic mass is 9.45. The maximum atomic E-state index is 14.7. The lowest BCUT2D eigenvalue weighted by Gasteiger charge is -2.63. The van der Waals surface area contributed by atoms with E-state index < -0.39 is 12.5 Å². The number of likely N-dealkylation sites (N-methyl/N-ethyl adjacent to an activating group) is 1. The summed E-state index contributed by atoms with van der Waals surface area (Å²) in [6.07, 6.45) is 2.52. The Labute approximate surface area is 288 Å². The lowest BCUT2D eigenvalue weighted by Crippen LogP contribution is -2.76. The number of hydrogen-bond acceptors (Lipinski definition) is 7. The summed E-state index contributed by atoms with van der Waals surface area (Å²) in [5.74, 6) is 1.86. The summed E-state index contributed by atoms with van der Waals surface area (Å²) in [6, 6.07) is 12.5. The van der Waals surface area contributed by atoms with Crippen molar-refractivity contribution in [2.45, 2.75) is 78.8 Å². The number of nitrogens with one attached hydrogen (secondary N) is 2. The quantitative estimate of drug-likeness (QED) is 0.201. The molecule has 264 valence electrons. The van der Waals surface area contributed by atoms with E-state index in [2.05, 4.69) is 61.2 Å². The van der Waals surface area contributed by atoms with Crippen molar-refractivity contribution >= 4 is 16.6 Å². The topological polar surface area (TPSA) is 95.2 Å². The first-order chi connectivity index (χ1) is 23.5. The molecule has 49 heavy (non-hydrogen) atoms. The molecule has 3 aliphatic carbocycles. The molecule has 2 bridgehead atoms. The highest BCUT2D eigenvalue weighted by atomic mass is 19.1. The van der Waals surface area contributed by atoms with E-state index in [1.54, 1.807) is 18.2 Å². The summed E-state index contributed by atoms with van der Waals surface area (Å²) in [4.78, 5) is 20.8. The number of anilines is 1. The first-order valence-electron chi connectivity index (χ1n) is 17.9. The Kier molecular flexibility index (Phi) is 10.0. The smallest absolute Gasteiger partial charge is 0.262 e. The van der Waals surface area contributed by atoms with Gasteiger partial charge in [0.2, 0.25) is 12.1 Å².